The SMILES string of the molecule is CCCn1nncc1C(NCC)c1ccncc1C. The van der Waals surface area contributed by atoms with E-state index < -0.39 is 0 Å². The Hall–Kier alpha value is -1.75. The lowest BCUT2D eigenvalue weighted by Gasteiger charge is -2.20. The molecule has 5 heteroatoms. The summed E-state index contributed by atoms with van der Waals surface area (Å²) in [6, 6.07) is 2.18. The molecule has 2 rings (SSSR count). The van der Waals surface area contributed by atoms with Gasteiger partial charge in [-0.15, -0.1) is 5.10 Å². The Kier molecular flexibility index (Phi) is 4.63. The van der Waals surface area contributed by atoms with Gasteiger partial charge in [0.2, 0.25) is 0 Å². The fourth-order valence-corrected chi connectivity index (χ4v) is 2.26. The molecule has 1 unspecified atom stereocenters. The number of hydrogen-bond donors (Lipinski definition) is 1. The number of aryl methyl sites for hydroxylation is 2. The highest BCUT2D eigenvalue weighted by atomic mass is 15.4. The Morgan fingerprint density at radius 2 is 2.16 bits per heavy atom. The van der Waals surface area contributed by atoms with Crippen molar-refractivity contribution in [2.24, 2.45) is 0 Å². The zero-order chi connectivity index (χ0) is 13.7. The second-order valence-corrected chi connectivity index (χ2v) is 4.60. The quantitative estimate of drug-likeness (QED) is 0.863. The van der Waals surface area contributed by atoms with Gasteiger partial charge < -0.3 is 5.32 Å². The van der Waals surface area contributed by atoms with E-state index >= 15 is 0 Å². The van der Waals surface area contributed by atoms with Gasteiger partial charge in [-0.05, 0) is 37.1 Å². The second-order valence-electron chi connectivity index (χ2n) is 4.60. The second kappa shape index (κ2) is 6.43. The first-order valence-corrected chi connectivity index (χ1v) is 6.80. The zero-order valence-electron chi connectivity index (χ0n) is 11.8. The molecule has 2 heterocycles. The van der Waals surface area contributed by atoms with Crippen LogP contribution in [-0.2, 0) is 6.54 Å². The molecule has 0 spiro atoms. The summed E-state index contributed by atoms with van der Waals surface area (Å²) in [7, 11) is 0. The maximum absolute atomic E-state index is 4.18. The lowest BCUT2D eigenvalue weighted by Crippen LogP contribution is -2.25. The molecule has 0 aliphatic carbocycles. The lowest BCUT2D eigenvalue weighted by atomic mass is 10.0. The van der Waals surface area contributed by atoms with Crippen LogP contribution in [0.1, 0.15) is 43.1 Å². The van der Waals surface area contributed by atoms with Crippen molar-refractivity contribution in [1.29, 1.82) is 0 Å². The molecule has 0 radical (unpaired) electrons. The lowest BCUT2D eigenvalue weighted by molar-refractivity contribution is 0.510. The third kappa shape index (κ3) is 2.98. The van der Waals surface area contributed by atoms with Crippen molar-refractivity contribution >= 4 is 0 Å². The van der Waals surface area contributed by atoms with Gasteiger partial charge in [0.25, 0.3) is 0 Å². The normalized spacial score (nSPS) is 12.6. The van der Waals surface area contributed by atoms with E-state index in [2.05, 4.69) is 47.5 Å². The van der Waals surface area contributed by atoms with E-state index in [1.165, 1.54) is 11.1 Å². The molecule has 0 aliphatic heterocycles. The fourth-order valence-electron chi connectivity index (χ4n) is 2.26. The third-order valence-electron chi connectivity index (χ3n) is 3.16. The average molecular weight is 259 g/mol. The van der Waals surface area contributed by atoms with Crippen LogP contribution in [0.25, 0.3) is 0 Å². The maximum Gasteiger partial charge on any atom is 0.0802 e. The Balaban J connectivity index is 2.40. The Morgan fingerprint density at radius 1 is 1.32 bits per heavy atom. The van der Waals surface area contributed by atoms with Gasteiger partial charge in [-0.3, -0.25) is 4.98 Å². The monoisotopic (exact) mass is 259 g/mol. The topological polar surface area (TPSA) is 55.6 Å². The molecule has 2 aromatic rings. The predicted octanol–water partition coefficient (Wildman–Crippen LogP) is 2.09. The first-order chi connectivity index (χ1) is 9.27. The van der Waals surface area contributed by atoms with Crippen molar-refractivity contribution in [1.82, 2.24) is 25.3 Å². The number of nitrogens with one attached hydrogen (secondary N) is 1. The molecule has 0 aliphatic rings. The molecule has 1 N–H and O–H groups in total. The van der Waals surface area contributed by atoms with Crippen molar-refractivity contribution in [2.75, 3.05) is 6.54 Å². The van der Waals surface area contributed by atoms with E-state index in [0.717, 1.165) is 25.2 Å². The minimum atomic E-state index is 0.120. The third-order valence-corrected chi connectivity index (χ3v) is 3.16. The highest BCUT2D eigenvalue weighted by Gasteiger charge is 2.19. The molecule has 0 bridgehead atoms. The van der Waals surface area contributed by atoms with Gasteiger partial charge in [0.1, 0.15) is 0 Å². The number of hydrogen-bond acceptors (Lipinski definition) is 4. The van der Waals surface area contributed by atoms with Gasteiger partial charge in [0.05, 0.1) is 17.9 Å². The van der Waals surface area contributed by atoms with Gasteiger partial charge in [0, 0.05) is 18.9 Å². The first-order valence-electron chi connectivity index (χ1n) is 6.80. The summed E-state index contributed by atoms with van der Waals surface area (Å²) < 4.78 is 1.98. The molecule has 0 saturated heterocycles. The summed E-state index contributed by atoms with van der Waals surface area (Å²) in [6.45, 7) is 8.12. The van der Waals surface area contributed by atoms with E-state index in [-0.39, 0.29) is 6.04 Å². The molecule has 0 fully saturated rings. The molecule has 0 amide bonds. The highest BCUT2D eigenvalue weighted by Crippen LogP contribution is 2.23. The summed E-state index contributed by atoms with van der Waals surface area (Å²) in [5, 5.41) is 11.7. The molecule has 0 aromatic carbocycles. The molecule has 1 atom stereocenters. The minimum Gasteiger partial charge on any atom is -0.305 e. The Bertz CT molecular complexity index is 520. The standard InChI is InChI=1S/C14H21N5/c1-4-8-19-13(10-17-18-19)14(16-5-2)12-6-7-15-9-11(12)3/h6-7,9-10,14,16H,4-5,8H2,1-3H3. The number of nitrogens with zero attached hydrogens (tertiary/aromatic N) is 4. The van der Waals surface area contributed by atoms with Crippen LogP contribution < -0.4 is 5.32 Å². The maximum atomic E-state index is 4.18. The average Bonchev–Trinajstić information content (AvgIpc) is 2.86. The molecular formula is C14H21N5. The summed E-state index contributed by atoms with van der Waals surface area (Å²) in [4.78, 5) is 4.16. The molecule has 19 heavy (non-hydrogen) atoms. The summed E-state index contributed by atoms with van der Waals surface area (Å²) in [5.74, 6) is 0. The predicted molar refractivity (Wildman–Crippen MR) is 74.8 cm³/mol. The minimum absolute atomic E-state index is 0.120. The number of aromatic nitrogens is 4. The largest absolute Gasteiger partial charge is 0.305 e. The van der Waals surface area contributed by atoms with Crippen LogP contribution in [0.4, 0.5) is 0 Å². The molecular weight excluding hydrogens is 238 g/mol. The van der Waals surface area contributed by atoms with E-state index in [9.17, 15) is 0 Å². The Labute approximate surface area is 114 Å². The van der Waals surface area contributed by atoms with E-state index in [0.29, 0.717) is 0 Å². The van der Waals surface area contributed by atoms with Gasteiger partial charge in [-0.1, -0.05) is 19.1 Å². The van der Waals surface area contributed by atoms with Gasteiger partial charge in [0.15, 0.2) is 0 Å². The van der Waals surface area contributed by atoms with Crippen LogP contribution in [0.2, 0.25) is 0 Å². The summed E-state index contributed by atoms with van der Waals surface area (Å²) in [6.07, 6.45) is 6.63. The summed E-state index contributed by atoms with van der Waals surface area (Å²) >= 11 is 0. The molecule has 102 valence electrons. The van der Waals surface area contributed by atoms with Crippen molar-refractivity contribution in [3.63, 3.8) is 0 Å². The first kappa shape index (κ1) is 13.7. The van der Waals surface area contributed by atoms with E-state index in [1.807, 2.05) is 23.3 Å². The number of rotatable bonds is 6. The van der Waals surface area contributed by atoms with Crippen LogP contribution in [-0.4, -0.2) is 26.5 Å². The van der Waals surface area contributed by atoms with Crippen LogP contribution in [0.5, 0.6) is 0 Å². The molecule has 5 nitrogen and oxygen atoms in total. The van der Waals surface area contributed by atoms with Crippen LogP contribution in [0.3, 0.4) is 0 Å². The fraction of sp³-hybridized carbons (Fsp3) is 0.500. The van der Waals surface area contributed by atoms with E-state index in [1.54, 1.807) is 0 Å². The van der Waals surface area contributed by atoms with Crippen LogP contribution >= 0.6 is 0 Å². The van der Waals surface area contributed by atoms with Crippen LogP contribution in [0.15, 0.2) is 24.7 Å². The smallest absolute Gasteiger partial charge is 0.0802 e. The summed E-state index contributed by atoms with van der Waals surface area (Å²) in [5.41, 5.74) is 3.52. The van der Waals surface area contributed by atoms with Crippen molar-refractivity contribution < 1.29 is 0 Å². The van der Waals surface area contributed by atoms with Crippen LogP contribution in [0, 0.1) is 6.92 Å². The van der Waals surface area contributed by atoms with Crippen molar-refractivity contribution in [3.05, 3.63) is 41.5 Å². The Morgan fingerprint density at radius 3 is 2.84 bits per heavy atom. The van der Waals surface area contributed by atoms with Crippen molar-refractivity contribution in [3.8, 4) is 0 Å². The molecule has 2 aromatic heterocycles. The van der Waals surface area contributed by atoms with Gasteiger partial charge in [-0.2, -0.15) is 0 Å². The van der Waals surface area contributed by atoms with Gasteiger partial charge in [-0.25, -0.2) is 4.68 Å². The van der Waals surface area contributed by atoms with Crippen molar-refractivity contribution in [2.45, 2.75) is 39.8 Å². The van der Waals surface area contributed by atoms with Gasteiger partial charge >= 0.3 is 0 Å². The zero-order valence-corrected chi connectivity index (χ0v) is 11.8. The van der Waals surface area contributed by atoms with E-state index in [4.69, 9.17) is 0 Å². The highest BCUT2D eigenvalue weighted by molar-refractivity contribution is 5.31. The number of pyridine rings is 1. The molecule has 0 saturated carbocycles.